The number of pyridine rings is 1. The van der Waals surface area contributed by atoms with Crippen molar-refractivity contribution in [3.8, 4) is 11.1 Å². The van der Waals surface area contributed by atoms with E-state index < -0.39 is 4.92 Å². The molecule has 3 rings (SSSR count). The van der Waals surface area contributed by atoms with E-state index in [0.29, 0.717) is 28.0 Å². The van der Waals surface area contributed by atoms with Crippen LogP contribution in [0.3, 0.4) is 0 Å². The third-order valence-corrected chi connectivity index (χ3v) is 4.35. The number of aromatic nitrogens is 1. The molecular formula is C19H14N2O3S. The summed E-state index contributed by atoms with van der Waals surface area (Å²) >= 11 is 4.45. The van der Waals surface area contributed by atoms with Gasteiger partial charge in [0.2, 0.25) is 0 Å². The van der Waals surface area contributed by atoms with Gasteiger partial charge in [0, 0.05) is 35.0 Å². The molecule has 2 aromatic carbocycles. The number of aldehydes is 1. The monoisotopic (exact) mass is 350 g/mol. The van der Waals surface area contributed by atoms with E-state index in [9.17, 15) is 14.9 Å². The van der Waals surface area contributed by atoms with Gasteiger partial charge in [-0.2, -0.15) is 0 Å². The largest absolute Gasteiger partial charge is 0.298 e. The Morgan fingerprint density at radius 3 is 2.52 bits per heavy atom. The van der Waals surface area contributed by atoms with Crippen molar-refractivity contribution < 1.29 is 9.72 Å². The Balaban J connectivity index is 2.09. The number of nitrogens with zero attached hydrogens (tertiary/aromatic N) is 2. The van der Waals surface area contributed by atoms with Crippen LogP contribution in [0.5, 0.6) is 0 Å². The molecule has 0 atom stereocenters. The van der Waals surface area contributed by atoms with Crippen molar-refractivity contribution in [2.45, 2.75) is 11.3 Å². The highest BCUT2D eigenvalue weighted by Crippen LogP contribution is 2.32. The standard InChI is InChI=1S/C19H14N2O3S/c22-12-16-9-14(8-13-4-6-20-7-5-13)10-18(19(16)25)15-2-1-3-17(11-15)21(23)24/h1-7,9-12,25H,8H2. The molecule has 0 radical (unpaired) electrons. The lowest BCUT2D eigenvalue weighted by Crippen LogP contribution is -1.96. The summed E-state index contributed by atoms with van der Waals surface area (Å²) in [5.74, 6) is 0. The van der Waals surface area contributed by atoms with Crippen LogP contribution in [0.15, 0.2) is 65.8 Å². The van der Waals surface area contributed by atoms with Gasteiger partial charge >= 0.3 is 0 Å². The van der Waals surface area contributed by atoms with E-state index in [1.54, 1.807) is 30.6 Å². The van der Waals surface area contributed by atoms with Crippen LogP contribution in [0.25, 0.3) is 11.1 Å². The zero-order valence-electron chi connectivity index (χ0n) is 13.1. The zero-order valence-corrected chi connectivity index (χ0v) is 14.0. The molecule has 0 saturated heterocycles. The number of nitro benzene ring substituents is 1. The molecule has 25 heavy (non-hydrogen) atoms. The van der Waals surface area contributed by atoms with Gasteiger partial charge in [-0.25, -0.2) is 0 Å². The fourth-order valence-electron chi connectivity index (χ4n) is 2.65. The molecule has 0 unspecified atom stereocenters. The second-order valence-electron chi connectivity index (χ2n) is 5.54. The lowest BCUT2D eigenvalue weighted by molar-refractivity contribution is -0.384. The fraction of sp³-hybridized carbons (Fsp3) is 0.0526. The van der Waals surface area contributed by atoms with Crippen LogP contribution in [-0.2, 0) is 6.42 Å². The fourth-order valence-corrected chi connectivity index (χ4v) is 2.97. The molecule has 1 heterocycles. The van der Waals surface area contributed by atoms with Crippen LogP contribution >= 0.6 is 12.6 Å². The van der Waals surface area contributed by atoms with Gasteiger partial charge in [-0.1, -0.05) is 12.1 Å². The van der Waals surface area contributed by atoms with Gasteiger partial charge < -0.3 is 0 Å². The van der Waals surface area contributed by atoms with E-state index in [-0.39, 0.29) is 5.69 Å². The number of thiol groups is 1. The summed E-state index contributed by atoms with van der Waals surface area (Å²) in [6.07, 6.45) is 4.80. The number of carbonyl (C=O) groups is 1. The van der Waals surface area contributed by atoms with Crippen molar-refractivity contribution in [2.75, 3.05) is 0 Å². The quantitative estimate of drug-likeness (QED) is 0.321. The van der Waals surface area contributed by atoms with Crippen molar-refractivity contribution in [3.05, 3.63) is 87.7 Å². The van der Waals surface area contributed by atoms with Crippen LogP contribution in [0.1, 0.15) is 21.5 Å². The summed E-state index contributed by atoms with van der Waals surface area (Å²) in [4.78, 5) is 26.5. The summed E-state index contributed by atoms with van der Waals surface area (Å²) in [7, 11) is 0. The van der Waals surface area contributed by atoms with Gasteiger partial charge in [-0.05, 0) is 52.9 Å². The number of non-ortho nitro benzene ring substituents is 1. The molecule has 0 amide bonds. The molecule has 0 aliphatic rings. The topological polar surface area (TPSA) is 73.1 Å². The molecule has 0 fully saturated rings. The molecule has 3 aromatic rings. The minimum Gasteiger partial charge on any atom is -0.298 e. The number of rotatable bonds is 5. The van der Waals surface area contributed by atoms with Gasteiger partial charge in [0.15, 0.2) is 6.29 Å². The lowest BCUT2D eigenvalue weighted by Gasteiger charge is -2.11. The molecule has 0 aliphatic carbocycles. The Hall–Kier alpha value is -2.99. The first-order valence-corrected chi connectivity index (χ1v) is 7.98. The van der Waals surface area contributed by atoms with E-state index in [4.69, 9.17) is 0 Å². The highest BCUT2D eigenvalue weighted by atomic mass is 32.1. The number of nitro groups is 1. The predicted octanol–water partition coefficient (Wildman–Crippen LogP) is 4.35. The Morgan fingerprint density at radius 2 is 1.84 bits per heavy atom. The van der Waals surface area contributed by atoms with Crippen molar-refractivity contribution in [2.24, 2.45) is 0 Å². The summed E-state index contributed by atoms with van der Waals surface area (Å²) in [6.45, 7) is 0. The molecule has 0 N–H and O–H groups in total. The van der Waals surface area contributed by atoms with Crippen molar-refractivity contribution in [3.63, 3.8) is 0 Å². The molecule has 0 spiro atoms. The molecule has 124 valence electrons. The molecule has 6 heteroatoms. The SMILES string of the molecule is O=Cc1cc(Cc2ccncc2)cc(-c2cccc([N+](=O)[O-])c2)c1S. The molecular weight excluding hydrogens is 336 g/mol. The van der Waals surface area contributed by atoms with Gasteiger partial charge in [0.1, 0.15) is 0 Å². The number of carbonyl (C=O) groups excluding carboxylic acids is 1. The Morgan fingerprint density at radius 1 is 1.08 bits per heavy atom. The molecule has 0 saturated carbocycles. The minimum absolute atomic E-state index is 0.00239. The maximum Gasteiger partial charge on any atom is 0.270 e. The van der Waals surface area contributed by atoms with Crippen LogP contribution in [-0.4, -0.2) is 16.2 Å². The maximum atomic E-state index is 11.4. The van der Waals surface area contributed by atoms with E-state index >= 15 is 0 Å². The zero-order chi connectivity index (χ0) is 17.8. The first kappa shape index (κ1) is 16.9. The Labute approximate surface area is 149 Å². The predicted molar refractivity (Wildman–Crippen MR) is 98.2 cm³/mol. The number of hydrogen-bond acceptors (Lipinski definition) is 5. The smallest absolute Gasteiger partial charge is 0.270 e. The van der Waals surface area contributed by atoms with Gasteiger partial charge in [-0.3, -0.25) is 19.9 Å². The first-order chi connectivity index (χ1) is 12.1. The minimum atomic E-state index is -0.441. The van der Waals surface area contributed by atoms with Gasteiger partial charge in [0.25, 0.3) is 5.69 Å². The molecule has 0 bridgehead atoms. The second-order valence-corrected chi connectivity index (χ2v) is 5.99. The second kappa shape index (κ2) is 7.27. The molecule has 1 aromatic heterocycles. The highest BCUT2D eigenvalue weighted by Gasteiger charge is 2.13. The Bertz CT molecular complexity index is 943. The van der Waals surface area contributed by atoms with Crippen LogP contribution in [0.2, 0.25) is 0 Å². The van der Waals surface area contributed by atoms with Crippen molar-refractivity contribution >= 4 is 24.6 Å². The summed E-state index contributed by atoms with van der Waals surface area (Å²) < 4.78 is 0. The lowest BCUT2D eigenvalue weighted by atomic mass is 9.96. The normalized spacial score (nSPS) is 10.4. The summed E-state index contributed by atoms with van der Waals surface area (Å²) in [5, 5.41) is 11.0. The van der Waals surface area contributed by atoms with Crippen LogP contribution in [0.4, 0.5) is 5.69 Å². The average molecular weight is 350 g/mol. The van der Waals surface area contributed by atoms with E-state index in [1.165, 1.54) is 12.1 Å². The molecule has 0 aliphatic heterocycles. The van der Waals surface area contributed by atoms with Crippen LogP contribution < -0.4 is 0 Å². The maximum absolute atomic E-state index is 11.4. The third kappa shape index (κ3) is 3.75. The van der Waals surface area contributed by atoms with E-state index in [1.807, 2.05) is 18.2 Å². The average Bonchev–Trinajstić information content (AvgIpc) is 2.64. The number of benzene rings is 2. The van der Waals surface area contributed by atoms with E-state index in [2.05, 4.69) is 17.6 Å². The van der Waals surface area contributed by atoms with Gasteiger partial charge in [-0.15, -0.1) is 12.6 Å². The van der Waals surface area contributed by atoms with Gasteiger partial charge in [0.05, 0.1) is 4.92 Å². The van der Waals surface area contributed by atoms with E-state index in [0.717, 1.165) is 17.4 Å². The summed E-state index contributed by atoms with van der Waals surface area (Å²) in [6, 6.07) is 13.8. The van der Waals surface area contributed by atoms with Crippen LogP contribution in [0, 0.1) is 10.1 Å². The number of hydrogen-bond donors (Lipinski definition) is 1. The van der Waals surface area contributed by atoms with Crippen molar-refractivity contribution in [1.82, 2.24) is 4.98 Å². The summed E-state index contributed by atoms with van der Waals surface area (Å²) in [5.41, 5.74) is 3.78. The highest BCUT2D eigenvalue weighted by molar-refractivity contribution is 7.80. The first-order valence-electron chi connectivity index (χ1n) is 7.53. The third-order valence-electron chi connectivity index (χ3n) is 3.85. The molecule has 5 nitrogen and oxygen atoms in total. The van der Waals surface area contributed by atoms with Crippen molar-refractivity contribution in [1.29, 1.82) is 0 Å². The Kier molecular flexibility index (Phi) is 4.90.